The molecule has 0 amide bonds. The maximum atomic E-state index is 4.29. The predicted octanol–water partition coefficient (Wildman–Crippen LogP) is 1.85. The van der Waals surface area contributed by atoms with E-state index in [9.17, 15) is 0 Å². The number of aromatic nitrogens is 4. The van der Waals surface area contributed by atoms with E-state index in [1.165, 1.54) is 5.69 Å². The molecule has 0 bridgehead atoms. The van der Waals surface area contributed by atoms with Gasteiger partial charge in [-0.05, 0) is 31.3 Å². The molecule has 0 aliphatic carbocycles. The number of fused-ring (bicyclic) bond motifs is 1. The smallest absolute Gasteiger partial charge is 0.159 e. The fraction of sp³-hybridized carbons (Fsp3) is 0.312. The molecule has 2 N–H and O–H groups in total. The van der Waals surface area contributed by atoms with E-state index in [1.54, 1.807) is 12.5 Å². The minimum absolute atomic E-state index is 0.736. The van der Waals surface area contributed by atoms with Crippen LogP contribution in [0, 0.1) is 0 Å². The number of anilines is 3. The van der Waals surface area contributed by atoms with Crippen molar-refractivity contribution in [2.75, 3.05) is 43.4 Å². The van der Waals surface area contributed by atoms with Gasteiger partial charge in [0.15, 0.2) is 5.82 Å². The topological polar surface area (TPSA) is 73.0 Å². The number of nitrogens with zero attached hydrogens (tertiary/aromatic N) is 5. The summed E-state index contributed by atoms with van der Waals surface area (Å²) in [5, 5.41) is 10.3. The van der Waals surface area contributed by atoms with Gasteiger partial charge < -0.3 is 15.1 Å². The largest absolute Gasteiger partial charge is 0.369 e. The first-order chi connectivity index (χ1) is 11.3. The Morgan fingerprint density at radius 2 is 1.83 bits per heavy atom. The van der Waals surface area contributed by atoms with E-state index in [-0.39, 0.29) is 0 Å². The fourth-order valence-corrected chi connectivity index (χ4v) is 2.82. The number of aromatic amines is 1. The molecule has 0 spiro atoms. The van der Waals surface area contributed by atoms with Crippen LogP contribution >= 0.6 is 0 Å². The second kappa shape index (κ2) is 5.85. The Morgan fingerprint density at radius 3 is 2.61 bits per heavy atom. The van der Waals surface area contributed by atoms with Crippen molar-refractivity contribution >= 4 is 28.2 Å². The van der Waals surface area contributed by atoms with Crippen LogP contribution in [0.15, 0.2) is 36.8 Å². The van der Waals surface area contributed by atoms with Crippen molar-refractivity contribution in [2.45, 2.75) is 0 Å². The molecule has 7 heteroatoms. The number of nitrogens with one attached hydrogen (secondary N) is 2. The highest BCUT2D eigenvalue weighted by atomic mass is 15.2. The van der Waals surface area contributed by atoms with Crippen LogP contribution in [0.2, 0.25) is 0 Å². The highest BCUT2D eigenvalue weighted by molar-refractivity contribution is 5.86. The third-order valence-electron chi connectivity index (χ3n) is 4.24. The van der Waals surface area contributed by atoms with Gasteiger partial charge in [-0.25, -0.2) is 9.97 Å². The second-order valence-electron chi connectivity index (χ2n) is 5.81. The molecule has 1 saturated heterocycles. The van der Waals surface area contributed by atoms with Crippen LogP contribution in [0.4, 0.5) is 17.2 Å². The van der Waals surface area contributed by atoms with Crippen molar-refractivity contribution in [3.63, 3.8) is 0 Å². The monoisotopic (exact) mass is 309 g/mol. The summed E-state index contributed by atoms with van der Waals surface area (Å²) in [4.78, 5) is 13.2. The Balaban J connectivity index is 1.51. The molecule has 1 fully saturated rings. The number of rotatable bonds is 3. The van der Waals surface area contributed by atoms with Crippen LogP contribution in [0.25, 0.3) is 11.0 Å². The first-order valence-corrected chi connectivity index (χ1v) is 7.74. The summed E-state index contributed by atoms with van der Waals surface area (Å²) in [5.74, 6) is 0.736. The van der Waals surface area contributed by atoms with E-state index in [4.69, 9.17) is 0 Å². The number of hydrogen-bond acceptors (Lipinski definition) is 6. The lowest BCUT2D eigenvalue weighted by Crippen LogP contribution is -2.44. The van der Waals surface area contributed by atoms with E-state index in [0.717, 1.165) is 48.7 Å². The van der Waals surface area contributed by atoms with Gasteiger partial charge in [-0.2, -0.15) is 5.10 Å². The van der Waals surface area contributed by atoms with E-state index in [1.807, 2.05) is 0 Å². The molecule has 4 rings (SSSR count). The number of hydrogen-bond donors (Lipinski definition) is 2. The zero-order chi connectivity index (χ0) is 15.6. The van der Waals surface area contributed by atoms with Crippen molar-refractivity contribution in [1.82, 2.24) is 25.1 Å². The lowest BCUT2D eigenvalue weighted by molar-refractivity contribution is 0.313. The summed E-state index contributed by atoms with van der Waals surface area (Å²) in [6.07, 6.45) is 3.23. The van der Waals surface area contributed by atoms with Crippen molar-refractivity contribution in [3.8, 4) is 0 Å². The lowest BCUT2D eigenvalue weighted by atomic mass is 10.2. The molecule has 7 nitrogen and oxygen atoms in total. The summed E-state index contributed by atoms with van der Waals surface area (Å²) in [6.45, 7) is 4.37. The van der Waals surface area contributed by atoms with E-state index in [0.29, 0.717) is 0 Å². The molecule has 3 aromatic rings. The molecule has 23 heavy (non-hydrogen) atoms. The van der Waals surface area contributed by atoms with Gasteiger partial charge in [0.25, 0.3) is 0 Å². The van der Waals surface area contributed by atoms with Crippen LogP contribution in [-0.4, -0.2) is 58.3 Å². The Labute approximate surface area is 134 Å². The Hall–Kier alpha value is -2.67. The Kier molecular flexibility index (Phi) is 3.55. The highest BCUT2D eigenvalue weighted by Gasteiger charge is 2.14. The lowest BCUT2D eigenvalue weighted by Gasteiger charge is -2.34. The summed E-state index contributed by atoms with van der Waals surface area (Å²) >= 11 is 0. The molecular formula is C16H19N7. The minimum atomic E-state index is 0.736. The van der Waals surface area contributed by atoms with Gasteiger partial charge in [0.05, 0.1) is 6.20 Å². The van der Waals surface area contributed by atoms with Gasteiger partial charge >= 0.3 is 0 Å². The molecule has 3 heterocycles. The molecule has 0 saturated carbocycles. The maximum absolute atomic E-state index is 4.29. The average molecular weight is 309 g/mol. The normalized spacial score (nSPS) is 16.0. The predicted molar refractivity (Wildman–Crippen MR) is 91.1 cm³/mol. The maximum Gasteiger partial charge on any atom is 0.159 e. The van der Waals surface area contributed by atoms with Crippen molar-refractivity contribution in [1.29, 1.82) is 0 Å². The zero-order valence-electron chi connectivity index (χ0n) is 13.0. The summed E-state index contributed by atoms with van der Waals surface area (Å²) in [5.41, 5.74) is 3.88. The van der Waals surface area contributed by atoms with Gasteiger partial charge in [0.2, 0.25) is 0 Å². The van der Waals surface area contributed by atoms with Crippen LogP contribution < -0.4 is 10.2 Å². The summed E-state index contributed by atoms with van der Waals surface area (Å²) in [6, 6.07) is 8.47. The van der Waals surface area contributed by atoms with Crippen molar-refractivity contribution in [2.24, 2.45) is 0 Å². The quantitative estimate of drug-likeness (QED) is 0.769. The molecule has 1 aliphatic heterocycles. The molecule has 2 aromatic heterocycles. The van der Waals surface area contributed by atoms with Crippen LogP contribution in [-0.2, 0) is 0 Å². The molecule has 0 atom stereocenters. The van der Waals surface area contributed by atoms with Crippen LogP contribution in [0.1, 0.15) is 0 Å². The molecule has 118 valence electrons. The number of benzene rings is 1. The SMILES string of the molecule is CN1CCN(c2ccc(Nc3ncnc4cn[nH]c34)cc2)CC1. The third kappa shape index (κ3) is 2.83. The van der Waals surface area contributed by atoms with Gasteiger partial charge in [-0.3, -0.25) is 5.10 Å². The number of likely N-dealkylation sites (N-methyl/N-ethyl adjacent to an activating group) is 1. The van der Waals surface area contributed by atoms with Crippen LogP contribution in [0.3, 0.4) is 0 Å². The Morgan fingerprint density at radius 1 is 1.04 bits per heavy atom. The van der Waals surface area contributed by atoms with Crippen molar-refractivity contribution in [3.05, 3.63) is 36.8 Å². The van der Waals surface area contributed by atoms with E-state index >= 15 is 0 Å². The average Bonchev–Trinajstić information content (AvgIpc) is 3.06. The molecule has 0 radical (unpaired) electrons. The van der Waals surface area contributed by atoms with Gasteiger partial charge in [0, 0.05) is 37.6 Å². The standard InChI is InChI=1S/C16H19N7/c1-22-6-8-23(9-7-22)13-4-2-12(3-5-13)20-16-15-14(10-19-21-15)17-11-18-16/h2-5,10-11H,6-9H2,1H3,(H,19,21)(H,17,18,20). The minimum Gasteiger partial charge on any atom is -0.369 e. The zero-order valence-corrected chi connectivity index (χ0v) is 13.0. The molecule has 1 aliphatic rings. The fourth-order valence-electron chi connectivity index (χ4n) is 2.82. The Bertz CT molecular complexity index is 788. The van der Waals surface area contributed by atoms with E-state index < -0.39 is 0 Å². The van der Waals surface area contributed by atoms with E-state index in [2.05, 4.69) is 66.6 Å². The molecule has 0 unspecified atom stereocenters. The summed E-state index contributed by atoms with van der Waals surface area (Å²) in [7, 11) is 2.17. The third-order valence-corrected chi connectivity index (χ3v) is 4.24. The van der Waals surface area contributed by atoms with Gasteiger partial charge in [-0.1, -0.05) is 0 Å². The number of H-pyrrole nitrogens is 1. The molecule has 1 aromatic carbocycles. The second-order valence-corrected chi connectivity index (χ2v) is 5.81. The van der Waals surface area contributed by atoms with Gasteiger partial charge in [-0.15, -0.1) is 0 Å². The first kappa shape index (κ1) is 14.0. The number of piperazine rings is 1. The van der Waals surface area contributed by atoms with Crippen LogP contribution in [0.5, 0.6) is 0 Å². The molecular weight excluding hydrogens is 290 g/mol. The van der Waals surface area contributed by atoms with Gasteiger partial charge in [0.1, 0.15) is 17.4 Å². The summed E-state index contributed by atoms with van der Waals surface area (Å²) < 4.78 is 0. The van der Waals surface area contributed by atoms with Crippen molar-refractivity contribution < 1.29 is 0 Å². The highest BCUT2D eigenvalue weighted by Crippen LogP contribution is 2.23. The first-order valence-electron chi connectivity index (χ1n) is 7.74.